The topological polar surface area (TPSA) is 160 Å². The molecule has 0 bridgehead atoms. The molecule has 0 amide bonds. The van der Waals surface area contributed by atoms with Crippen LogP contribution < -0.4 is 0 Å². The molecule has 0 aromatic heterocycles. The Morgan fingerprint density at radius 1 is 1.23 bits per heavy atom. The summed E-state index contributed by atoms with van der Waals surface area (Å²) >= 11 is -3.10. The summed E-state index contributed by atoms with van der Waals surface area (Å²) in [6.07, 6.45) is -6.15. The second kappa shape index (κ2) is 7.73. The second-order valence-corrected chi connectivity index (χ2v) is 13.9. The van der Waals surface area contributed by atoms with E-state index in [9.17, 15) is 27.5 Å². The molecule has 0 spiro atoms. The third-order valence-electron chi connectivity index (χ3n) is 2.80. The van der Waals surface area contributed by atoms with Crippen molar-refractivity contribution in [2.45, 2.75) is 47.3 Å². The van der Waals surface area contributed by atoms with Crippen LogP contribution in [0.25, 0.3) is 0 Å². The van der Waals surface area contributed by atoms with Crippen LogP contribution in [0.4, 0.5) is 0 Å². The summed E-state index contributed by atoms with van der Waals surface area (Å²) in [4.78, 5) is 0. The molecule has 1 rings (SSSR count). The van der Waals surface area contributed by atoms with Gasteiger partial charge in [-0.2, -0.15) is 0 Å². The van der Waals surface area contributed by atoms with E-state index in [0.29, 0.717) is 0 Å². The van der Waals surface area contributed by atoms with E-state index in [4.69, 9.17) is 14.0 Å². The van der Waals surface area contributed by atoms with Gasteiger partial charge in [0, 0.05) is 0 Å². The van der Waals surface area contributed by atoms with Gasteiger partial charge in [-0.1, -0.05) is 0 Å². The first-order valence-electron chi connectivity index (χ1n) is 6.36. The molecule has 132 valence electrons. The maximum atomic E-state index is 11.8. The standard InChI is InChI=1S/C10H21AsO10S/c1-11(2,15)3-7-8(13)9(14)10(21-7)19-4-6(12)5-20-22(16,17)18/h6-10,12-14H,3-5H2,1-2H3,(H,16,17,18)/t6?,7-,8-,9-,10?/m1/s1. The molecule has 4 N–H and O–H groups in total. The molecule has 2 unspecified atom stereocenters. The number of aliphatic hydroxyl groups excluding tert-OH is 3. The summed E-state index contributed by atoms with van der Waals surface area (Å²) < 4.78 is 55.0. The quantitative estimate of drug-likeness (QED) is 0.268. The molecule has 5 atom stereocenters. The van der Waals surface area contributed by atoms with Crippen molar-refractivity contribution in [2.24, 2.45) is 0 Å². The van der Waals surface area contributed by atoms with E-state index >= 15 is 0 Å². The molecule has 0 aromatic rings. The van der Waals surface area contributed by atoms with Crippen LogP contribution in [0, 0.1) is 0 Å². The number of hydrogen-bond acceptors (Lipinski definition) is 9. The summed E-state index contributed by atoms with van der Waals surface area (Å²) in [5, 5.41) is 29.1. The molecule has 0 saturated carbocycles. The Morgan fingerprint density at radius 2 is 1.82 bits per heavy atom. The maximum absolute atomic E-state index is 11.8. The molecular formula is C10H21AsO10S. The molecule has 12 heteroatoms. The van der Waals surface area contributed by atoms with Crippen LogP contribution in [0.2, 0.25) is 16.6 Å². The van der Waals surface area contributed by atoms with Gasteiger partial charge in [-0.25, -0.2) is 0 Å². The number of ether oxygens (including phenoxy) is 2. The van der Waals surface area contributed by atoms with Gasteiger partial charge in [0.1, 0.15) is 0 Å². The fourth-order valence-corrected chi connectivity index (χ4v) is 4.64. The van der Waals surface area contributed by atoms with Gasteiger partial charge in [0.05, 0.1) is 0 Å². The average Bonchev–Trinajstić information content (AvgIpc) is 2.59. The number of rotatable bonds is 8. The Labute approximate surface area is 130 Å². The van der Waals surface area contributed by atoms with Crippen LogP contribution in [-0.4, -0.2) is 85.7 Å². The summed E-state index contributed by atoms with van der Waals surface area (Å²) in [6.45, 7) is -1.20. The fraction of sp³-hybridized carbons (Fsp3) is 1.00. The van der Waals surface area contributed by atoms with Gasteiger partial charge in [-0.05, 0) is 0 Å². The van der Waals surface area contributed by atoms with Crippen molar-refractivity contribution in [1.29, 1.82) is 0 Å². The number of aliphatic hydroxyl groups is 3. The van der Waals surface area contributed by atoms with Crippen molar-refractivity contribution in [3.05, 3.63) is 0 Å². The predicted molar refractivity (Wildman–Crippen MR) is 73.1 cm³/mol. The second-order valence-electron chi connectivity index (χ2n) is 5.48. The Hall–Kier alpha value is 0.0284. The van der Waals surface area contributed by atoms with Gasteiger partial charge < -0.3 is 0 Å². The van der Waals surface area contributed by atoms with Gasteiger partial charge in [0.15, 0.2) is 0 Å². The molecule has 1 heterocycles. The minimum atomic E-state index is -4.67. The Kier molecular flexibility index (Phi) is 7.06. The van der Waals surface area contributed by atoms with Crippen LogP contribution >= 0.6 is 0 Å². The van der Waals surface area contributed by atoms with Crippen LogP contribution in [0.5, 0.6) is 0 Å². The van der Waals surface area contributed by atoms with E-state index < -0.39 is 67.8 Å². The summed E-state index contributed by atoms with van der Waals surface area (Å²) in [5.74, 6) is 0. The van der Waals surface area contributed by atoms with Crippen LogP contribution in [0.3, 0.4) is 0 Å². The van der Waals surface area contributed by atoms with E-state index in [1.54, 1.807) is 11.4 Å². The molecular weight excluding hydrogens is 387 g/mol. The van der Waals surface area contributed by atoms with Crippen LogP contribution in [-0.2, 0) is 27.8 Å². The summed E-state index contributed by atoms with van der Waals surface area (Å²) in [5.41, 5.74) is 3.15. The van der Waals surface area contributed by atoms with E-state index in [1.807, 2.05) is 0 Å². The van der Waals surface area contributed by atoms with Gasteiger partial charge >= 0.3 is 130 Å². The molecule has 10 nitrogen and oxygen atoms in total. The zero-order valence-electron chi connectivity index (χ0n) is 12.1. The molecule has 0 radical (unpaired) electrons. The van der Waals surface area contributed by atoms with Gasteiger partial charge in [0.2, 0.25) is 0 Å². The molecule has 0 aromatic carbocycles. The number of hydrogen-bond donors (Lipinski definition) is 4. The van der Waals surface area contributed by atoms with Gasteiger partial charge in [0.25, 0.3) is 0 Å². The molecule has 22 heavy (non-hydrogen) atoms. The first-order valence-corrected chi connectivity index (χ1v) is 13.6. The Balaban J connectivity index is 2.45. The summed E-state index contributed by atoms with van der Waals surface area (Å²) in [7, 11) is -4.67. The van der Waals surface area contributed by atoms with E-state index in [-0.39, 0.29) is 5.21 Å². The molecule has 1 saturated heterocycles. The van der Waals surface area contributed by atoms with Crippen molar-refractivity contribution in [3.8, 4) is 0 Å². The third kappa shape index (κ3) is 7.07. The Bertz CT molecular complexity index is 502. The summed E-state index contributed by atoms with van der Waals surface area (Å²) in [6, 6.07) is 0. The van der Waals surface area contributed by atoms with Gasteiger partial charge in [-0.3, -0.25) is 0 Å². The van der Waals surface area contributed by atoms with Crippen molar-refractivity contribution in [1.82, 2.24) is 0 Å². The van der Waals surface area contributed by atoms with Crippen LogP contribution in [0.15, 0.2) is 0 Å². The first-order chi connectivity index (χ1) is 9.89. The Morgan fingerprint density at radius 3 is 2.32 bits per heavy atom. The van der Waals surface area contributed by atoms with E-state index in [1.165, 1.54) is 0 Å². The first kappa shape index (κ1) is 20.1. The average molecular weight is 408 g/mol. The predicted octanol–water partition coefficient (Wildman–Crippen LogP) is -1.73. The zero-order chi connectivity index (χ0) is 17.1. The SMILES string of the molecule is C[As](C)(=O)C[C@H]1OC(OCC(O)COS(=O)(=O)O)[C@H](O)[C@@H]1O. The van der Waals surface area contributed by atoms with Crippen molar-refractivity contribution in [2.75, 3.05) is 13.2 Å². The van der Waals surface area contributed by atoms with Crippen LogP contribution in [0.1, 0.15) is 0 Å². The normalized spacial score (nSPS) is 31.4. The zero-order valence-corrected chi connectivity index (χ0v) is 14.8. The fourth-order valence-electron chi connectivity index (χ4n) is 1.85. The van der Waals surface area contributed by atoms with E-state index in [0.717, 1.165) is 0 Å². The van der Waals surface area contributed by atoms with E-state index in [2.05, 4.69) is 4.18 Å². The third-order valence-corrected chi connectivity index (χ3v) is 5.83. The van der Waals surface area contributed by atoms with Crippen molar-refractivity contribution >= 4 is 23.9 Å². The van der Waals surface area contributed by atoms with Crippen molar-refractivity contribution in [3.63, 3.8) is 0 Å². The molecule has 1 aliphatic heterocycles. The molecule has 1 aliphatic rings. The molecule has 1 fully saturated rings. The van der Waals surface area contributed by atoms with Gasteiger partial charge in [-0.15, -0.1) is 0 Å². The van der Waals surface area contributed by atoms with Crippen molar-refractivity contribution < 1.29 is 45.7 Å². The monoisotopic (exact) mass is 408 g/mol. The minimum absolute atomic E-state index is 0.116. The molecule has 0 aliphatic carbocycles.